The Bertz CT molecular complexity index is 401. The zero-order valence-electron chi connectivity index (χ0n) is 9.70. The van der Waals surface area contributed by atoms with E-state index < -0.39 is 5.95 Å². The Morgan fingerprint density at radius 3 is 3.06 bits per heavy atom. The first-order valence-corrected chi connectivity index (χ1v) is 6.61. The Hall–Kier alpha value is -1.10. The SMILES string of the molecule is CC1(CNC(=O)c2ccc(F)nc2)CCCS1. The molecule has 0 aromatic carbocycles. The molecular weight excluding hydrogens is 239 g/mol. The van der Waals surface area contributed by atoms with E-state index in [4.69, 9.17) is 0 Å². The maximum absolute atomic E-state index is 12.6. The molecule has 3 nitrogen and oxygen atoms in total. The molecule has 0 bridgehead atoms. The second-order valence-electron chi connectivity index (χ2n) is 4.45. The summed E-state index contributed by atoms with van der Waals surface area (Å²) in [5, 5.41) is 2.88. The Morgan fingerprint density at radius 2 is 2.47 bits per heavy atom. The average molecular weight is 254 g/mol. The highest BCUT2D eigenvalue weighted by Gasteiger charge is 2.29. The van der Waals surface area contributed by atoms with Crippen LogP contribution >= 0.6 is 11.8 Å². The summed E-state index contributed by atoms with van der Waals surface area (Å²) in [5.41, 5.74) is 0.401. The van der Waals surface area contributed by atoms with Gasteiger partial charge in [-0.15, -0.1) is 0 Å². The molecule has 0 radical (unpaired) electrons. The first-order chi connectivity index (χ1) is 8.09. The standard InChI is InChI=1S/C12H15FN2OS/c1-12(5-2-6-17-12)8-15-11(16)9-3-4-10(13)14-7-9/h3-4,7H,2,5-6,8H2,1H3,(H,15,16). The van der Waals surface area contributed by atoms with Crippen LogP contribution in [0.3, 0.4) is 0 Å². The van der Waals surface area contributed by atoms with Crippen molar-refractivity contribution < 1.29 is 9.18 Å². The number of carbonyl (C=O) groups excluding carboxylic acids is 1. The quantitative estimate of drug-likeness (QED) is 0.841. The number of pyridine rings is 1. The number of carbonyl (C=O) groups is 1. The summed E-state index contributed by atoms with van der Waals surface area (Å²) < 4.78 is 12.7. The topological polar surface area (TPSA) is 42.0 Å². The lowest BCUT2D eigenvalue weighted by molar-refractivity contribution is 0.0949. The summed E-state index contributed by atoms with van der Waals surface area (Å²) >= 11 is 1.89. The van der Waals surface area contributed by atoms with Gasteiger partial charge in [-0.1, -0.05) is 0 Å². The molecule has 1 fully saturated rings. The number of hydrogen-bond donors (Lipinski definition) is 1. The van der Waals surface area contributed by atoms with E-state index in [0.717, 1.165) is 12.2 Å². The number of nitrogens with one attached hydrogen (secondary N) is 1. The van der Waals surface area contributed by atoms with Gasteiger partial charge in [-0.3, -0.25) is 4.79 Å². The Labute approximate surface area is 104 Å². The molecule has 92 valence electrons. The molecule has 2 rings (SSSR count). The van der Waals surface area contributed by atoms with Crippen molar-refractivity contribution in [3.63, 3.8) is 0 Å². The van der Waals surface area contributed by atoms with E-state index in [2.05, 4.69) is 17.2 Å². The van der Waals surface area contributed by atoms with Crippen LogP contribution in [0, 0.1) is 5.95 Å². The molecule has 5 heteroatoms. The maximum atomic E-state index is 12.6. The fourth-order valence-electron chi connectivity index (χ4n) is 1.86. The first-order valence-electron chi connectivity index (χ1n) is 5.63. The van der Waals surface area contributed by atoms with E-state index in [-0.39, 0.29) is 10.7 Å². The second-order valence-corrected chi connectivity index (χ2v) is 6.14. The van der Waals surface area contributed by atoms with Crippen LogP contribution in [0.2, 0.25) is 0 Å². The molecule has 1 unspecified atom stereocenters. The van der Waals surface area contributed by atoms with E-state index in [9.17, 15) is 9.18 Å². The van der Waals surface area contributed by atoms with Gasteiger partial charge in [-0.25, -0.2) is 4.98 Å². The van der Waals surface area contributed by atoms with Crippen molar-refractivity contribution in [2.24, 2.45) is 0 Å². The van der Waals surface area contributed by atoms with Gasteiger partial charge in [0.1, 0.15) is 0 Å². The summed E-state index contributed by atoms with van der Waals surface area (Å²) in [7, 11) is 0. The highest BCUT2D eigenvalue weighted by Crippen LogP contribution is 2.36. The smallest absolute Gasteiger partial charge is 0.252 e. The van der Waals surface area contributed by atoms with Crippen LogP contribution in [0.15, 0.2) is 18.3 Å². The number of rotatable bonds is 3. The molecule has 1 aromatic heterocycles. The van der Waals surface area contributed by atoms with Crippen molar-refractivity contribution in [1.29, 1.82) is 0 Å². The molecular formula is C12H15FN2OS. The monoisotopic (exact) mass is 254 g/mol. The molecule has 1 N–H and O–H groups in total. The fourth-order valence-corrected chi connectivity index (χ4v) is 3.10. The van der Waals surface area contributed by atoms with Crippen molar-refractivity contribution in [2.45, 2.75) is 24.5 Å². The Morgan fingerprint density at radius 1 is 1.65 bits per heavy atom. The third kappa shape index (κ3) is 3.19. The van der Waals surface area contributed by atoms with Crippen LogP contribution in [-0.4, -0.2) is 27.9 Å². The zero-order valence-corrected chi connectivity index (χ0v) is 10.5. The lowest BCUT2D eigenvalue weighted by atomic mass is 10.1. The molecule has 17 heavy (non-hydrogen) atoms. The molecule has 0 saturated carbocycles. The summed E-state index contributed by atoms with van der Waals surface area (Å²) in [6.45, 7) is 2.81. The van der Waals surface area contributed by atoms with Gasteiger partial charge in [0.15, 0.2) is 0 Å². The Kier molecular flexibility index (Phi) is 3.66. The van der Waals surface area contributed by atoms with Crippen molar-refractivity contribution in [3.8, 4) is 0 Å². The minimum absolute atomic E-state index is 0.142. The average Bonchev–Trinajstić information content (AvgIpc) is 2.75. The van der Waals surface area contributed by atoms with E-state index in [1.54, 1.807) is 0 Å². The normalized spacial score (nSPS) is 23.6. The van der Waals surface area contributed by atoms with Gasteiger partial charge in [-0.05, 0) is 37.7 Å². The van der Waals surface area contributed by atoms with Crippen LogP contribution in [0.1, 0.15) is 30.1 Å². The van der Waals surface area contributed by atoms with Crippen LogP contribution in [0.5, 0.6) is 0 Å². The van der Waals surface area contributed by atoms with Gasteiger partial charge in [0.25, 0.3) is 5.91 Å². The van der Waals surface area contributed by atoms with Crippen LogP contribution in [-0.2, 0) is 0 Å². The minimum Gasteiger partial charge on any atom is -0.351 e. The highest BCUT2D eigenvalue weighted by molar-refractivity contribution is 8.00. The minimum atomic E-state index is -0.570. The van der Waals surface area contributed by atoms with Crippen molar-refractivity contribution in [2.75, 3.05) is 12.3 Å². The van der Waals surface area contributed by atoms with Gasteiger partial charge in [0.2, 0.25) is 5.95 Å². The third-order valence-corrected chi connectivity index (χ3v) is 4.45. The van der Waals surface area contributed by atoms with E-state index in [1.165, 1.54) is 24.8 Å². The molecule has 1 amide bonds. The van der Waals surface area contributed by atoms with Crippen LogP contribution < -0.4 is 5.32 Å². The zero-order chi connectivity index (χ0) is 12.3. The summed E-state index contributed by atoms with van der Waals surface area (Å²) in [6.07, 6.45) is 3.59. The van der Waals surface area contributed by atoms with Crippen molar-refractivity contribution in [3.05, 3.63) is 29.8 Å². The van der Waals surface area contributed by atoms with Gasteiger partial charge in [-0.2, -0.15) is 16.2 Å². The van der Waals surface area contributed by atoms with Crippen LogP contribution in [0.25, 0.3) is 0 Å². The summed E-state index contributed by atoms with van der Waals surface area (Å²) in [6, 6.07) is 2.64. The maximum Gasteiger partial charge on any atom is 0.252 e. The molecule has 1 atom stereocenters. The predicted molar refractivity (Wildman–Crippen MR) is 66.6 cm³/mol. The largest absolute Gasteiger partial charge is 0.351 e. The number of aromatic nitrogens is 1. The van der Waals surface area contributed by atoms with E-state index in [1.807, 2.05) is 11.8 Å². The first kappa shape index (κ1) is 12.4. The van der Waals surface area contributed by atoms with E-state index >= 15 is 0 Å². The summed E-state index contributed by atoms with van der Waals surface area (Å²) in [4.78, 5) is 15.2. The molecule has 1 aliphatic heterocycles. The summed E-state index contributed by atoms with van der Waals surface area (Å²) in [5.74, 6) is 0.399. The third-order valence-electron chi connectivity index (χ3n) is 2.91. The second kappa shape index (κ2) is 5.04. The molecule has 1 aromatic rings. The number of thioether (sulfide) groups is 1. The van der Waals surface area contributed by atoms with Crippen LogP contribution in [0.4, 0.5) is 4.39 Å². The number of hydrogen-bond acceptors (Lipinski definition) is 3. The van der Waals surface area contributed by atoms with Gasteiger partial charge < -0.3 is 5.32 Å². The molecule has 1 aliphatic rings. The number of nitrogens with zero attached hydrogens (tertiary/aromatic N) is 1. The molecule has 1 saturated heterocycles. The van der Waals surface area contributed by atoms with E-state index in [0.29, 0.717) is 12.1 Å². The lowest BCUT2D eigenvalue weighted by Crippen LogP contribution is -2.36. The predicted octanol–water partition coefficient (Wildman–Crippen LogP) is 2.24. The van der Waals surface area contributed by atoms with Crippen molar-refractivity contribution >= 4 is 17.7 Å². The Balaban J connectivity index is 1.91. The highest BCUT2D eigenvalue weighted by atomic mass is 32.2. The van der Waals surface area contributed by atoms with Gasteiger partial charge in [0.05, 0.1) is 5.56 Å². The number of halogens is 1. The van der Waals surface area contributed by atoms with Crippen molar-refractivity contribution in [1.82, 2.24) is 10.3 Å². The molecule has 0 spiro atoms. The van der Waals surface area contributed by atoms with Gasteiger partial charge in [0, 0.05) is 17.5 Å². The molecule has 0 aliphatic carbocycles. The lowest BCUT2D eigenvalue weighted by Gasteiger charge is -2.22. The van der Waals surface area contributed by atoms with Gasteiger partial charge >= 0.3 is 0 Å². The number of amides is 1. The molecule has 2 heterocycles. The fraction of sp³-hybridized carbons (Fsp3) is 0.500.